The molecule has 0 N–H and O–H groups in total. The molecule has 21 heavy (non-hydrogen) atoms. The Morgan fingerprint density at radius 2 is 1.62 bits per heavy atom. The van der Waals surface area contributed by atoms with E-state index in [-0.39, 0.29) is 5.97 Å². The van der Waals surface area contributed by atoms with E-state index >= 15 is 0 Å². The third kappa shape index (κ3) is 2.52. The van der Waals surface area contributed by atoms with E-state index in [0.29, 0.717) is 5.57 Å². The van der Waals surface area contributed by atoms with E-state index in [2.05, 4.69) is 30.3 Å². The molecule has 0 fully saturated rings. The Morgan fingerprint density at radius 1 is 0.952 bits per heavy atom. The Kier molecular flexibility index (Phi) is 3.44. The van der Waals surface area contributed by atoms with Gasteiger partial charge in [0, 0.05) is 5.57 Å². The number of ether oxygens (including phenoxy) is 1. The van der Waals surface area contributed by atoms with Crippen LogP contribution in [0.4, 0.5) is 0 Å². The predicted molar refractivity (Wildman–Crippen MR) is 87.1 cm³/mol. The van der Waals surface area contributed by atoms with Gasteiger partial charge in [-0.15, -0.1) is 0 Å². The molecule has 0 spiro atoms. The van der Waals surface area contributed by atoms with E-state index in [4.69, 9.17) is 4.74 Å². The molecule has 0 saturated carbocycles. The zero-order valence-corrected chi connectivity index (χ0v) is 12.1. The molecule has 0 aliphatic rings. The monoisotopic (exact) mass is 276 g/mol. The first-order valence-corrected chi connectivity index (χ1v) is 6.87. The molecule has 0 radical (unpaired) electrons. The predicted octanol–water partition coefficient (Wildman–Crippen LogP) is 4.57. The van der Waals surface area contributed by atoms with Gasteiger partial charge >= 0.3 is 5.97 Å². The Balaban J connectivity index is 2.24. The maximum absolute atomic E-state index is 11.6. The van der Waals surface area contributed by atoms with E-state index in [1.54, 1.807) is 6.92 Å². The minimum absolute atomic E-state index is 0.298. The molecule has 3 aromatic carbocycles. The van der Waals surface area contributed by atoms with Crippen LogP contribution in [0.1, 0.15) is 12.5 Å². The molecule has 0 aliphatic carbocycles. The van der Waals surface area contributed by atoms with Gasteiger partial charge < -0.3 is 4.74 Å². The summed E-state index contributed by atoms with van der Waals surface area (Å²) >= 11 is 0. The highest BCUT2D eigenvalue weighted by atomic mass is 16.5. The van der Waals surface area contributed by atoms with Crippen LogP contribution in [0, 0.1) is 0 Å². The van der Waals surface area contributed by atoms with Crippen LogP contribution in [0.2, 0.25) is 0 Å². The summed E-state index contributed by atoms with van der Waals surface area (Å²) in [6.07, 6.45) is 1.88. The number of methoxy groups -OCH3 is 1. The van der Waals surface area contributed by atoms with Crippen LogP contribution in [0.15, 0.2) is 60.2 Å². The van der Waals surface area contributed by atoms with Crippen LogP contribution in [0.3, 0.4) is 0 Å². The van der Waals surface area contributed by atoms with Crippen molar-refractivity contribution in [3.8, 4) is 0 Å². The van der Waals surface area contributed by atoms with Crippen LogP contribution in [0.5, 0.6) is 0 Å². The highest BCUT2D eigenvalue weighted by molar-refractivity contribution is 6.03. The lowest BCUT2D eigenvalue weighted by Crippen LogP contribution is -2.01. The Labute approximate surface area is 123 Å². The van der Waals surface area contributed by atoms with Crippen molar-refractivity contribution < 1.29 is 9.53 Å². The lowest BCUT2D eigenvalue weighted by atomic mass is 9.98. The summed E-state index contributed by atoms with van der Waals surface area (Å²) in [6.45, 7) is 1.77. The number of carbonyl (C=O) groups excluding carboxylic acids is 1. The molecule has 0 heterocycles. The minimum atomic E-state index is -0.298. The molecule has 104 valence electrons. The standard InChI is InChI=1S/C19H16O2/c1-13(19(20)21-2)10-16-8-5-9-17-11-14-6-3-4-7-15(14)12-18(16)17/h3-12H,1-2H3/b13-10+. The van der Waals surface area contributed by atoms with Gasteiger partial charge in [0.1, 0.15) is 0 Å². The van der Waals surface area contributed by atoms with Gasteiger partial charge in [0.05, 0.1) is 7.11 Å². The Bertz CT molecular complexity index is 860. The second-order valence-corrected chi connectivity index (χ2v) is 5.09. The summed E-state index contributed by atoms with van der Waals surface area (Å²) in [7, 11) is 1.40. The second kappa shape index (κ2) is 5.41. The summed E-state index contributed by atoms with van der Waals surface area (Å²) in [6, 6.07) is 18.7. The maximum Gasteiger partial charge on any atom is 0.333 e. The van der Waals surface area contributed by atoms with E-state index in [1.165, 1.54) is 23.3 Å². The van der Waals surface area contributed by atoms with Gasteiger partial charge in [-0.05, 0) is 52.2 Å². The van der Waals surface area contributed by atoms with Crippen molar-refractivity contribution >= 4 is 33.6 Å². The molecule has 0 bridgehead atoms. The van der Waals surface area contributed by atoms with Crippen molar-refractivity contribution in [2.45, 2.75) is 6.92 Å². The molecule has 0 atom stereocenters. The van der Waals surface area contributed by atoms with Gasteiger partial charge in [-0.2, -0.15) is 0 Å². The first-order valence-electron chi connectivity index (χ1n) is 6.87. The summed E-state index contributed by atoms with van der Waals surface area (Å²) in [5.41, 5.74) is 1.62. The zero-order chi connectivity index (χ0) is 14.8. The van der Waals surface area contributed by atoms with Gasteiger partial charge in [-0.25, -0.2) is 4.79 Å². The molecule has 0 aliphatic heterocycles. The van der Waals surface area contributed by atoms with Crippen molar-refractivity contribution in [1.82, 2.24) is 0 Å². The molecule has 2 nitrogen and oxygen atoms in total. The largest absolute Gasteiger partial charge is 0.466 e. The summed E-state index contributed by atoms with van der Waals surface area (Å²) in [4.78, 5) is 11.6. The number of hydrogen-bond donors (Lipinski definition) is 0. The van der Waals surface area contributed by atoms with Gasteiger partial charge in [-0.3, -0.25) is 0 Å². The highest BCUT2D eigenvalue weighted by Gasteiger charge is 2.06. The minimum Gasteiger partial charge on any atom is -0.466 e. The molecule has 3 rings (SSSR count). The quantitative estimate of drug-likeness (QED) is 0.389. The van der Waals surface area contributed by atoms with E-state index in [9.17, 15) is 4.79 Å². The van der Waals surface area contributed by atoms with E-state index < -0.39 is 0 Å². The molecule has 0 unspecified atom stereocenters. The molecule has 0 aromatic heterocycles. The van der Waals surface area contributed by atoms with Gasteiger partial charge in [0.2, 0.25) is 0 Å². The first kappa shape index (κ1) is 13.4. The van der Waals surface area contributed by atoms with E-state index in [1.807, 2.05) is 30.3 Å². The summed E-state index contributed by atoms with van der Waals surface area (Å²) in [5, 5.41) is 4.72. The van der Waals surface area contributed by atoms with Crippen molar-refractivity contribution in [2.75, 3.05) is 7.11 Å². The molecular weight excluding hydrogens is 260 g/mol. The van der Waals surface area contributed by atoms with Crippen LogP contribution in [-0.2, 0) is 9.53 Å². The topological polar surface area (TPSA) is 26.3 Å². The van der Waals surface area contributed by atoms with Gasteiger partial charge in [0.25, 0.3) is 0 Å². The molecule has 0 saturated heterocycles. The van der Waals surface area contributed by atoms with E-state index in [0.717, 1.165) is 10.9 Å². The van der Waals surface area contributed by atoms with Crippen LogP contribution in [-0.4, -0.2) is 13.1 Å². The summed E-state index contributed by atoms with van der Waals surface area (Å²) in [5.74, 6) is -0.298. The fourth-order valence-electron chi connectivity index (χ4n) is 2.57. The normalized spacial score (nSPS) is 11.8. The second-order valence-electron chi connectivity index (χ2n) is 5.09. The molecule has 0 amide bonds. The third-order valence-corrected chi connectivity index (χ3v) is 3.66. The highest BCUT2D eigenvalue weighted by Crippen LogP contribution is 2.26. The number of carbonyl (C=O) groups is 1. The Hall–Kier alpha value is -2.61. The number of hydrogen-bond acceptors (Lipinski definition) is 2. The fourth-order valence-corrected chi connectivity index (χ4v) is 2.57. The fraction of sp³-hybridized carbons (Fsp3) is 0.105. The van der Waals surface area contributed by atoms with Crippen molar-refractivity contribution in [1.29, 1.82) is 0 Å². The van der Waals surface area contributed by atoms with Crippen LogP contribution in [0.25, 0.3) is 27.6 Å². The van der Waals surface area contributed by atoms with Crippen molar-refractivity contribution in [2.24, 2.45) is 0 Å². The lowest BCUT2D eigenvalue weighted by Gasteiger charge is -2.06. The van der Waals surface area contributed by atoms with Crippen molar-refractivity contribution in [3.05, 3.63) is 65.7 Å². The Morgan fingerprint density at radius 3 is 2.33 bits per heavy atom. The van der Waals surface area contributed by atoms with Crippen LogP contribution < -0.4 is 0 Å². The summed E-state index contributed by atoms with van der Waals surface area (Å²) < 4.78 is 4.76. The SMILES string of the molecule is COC(=O)/C(C)=C/c1cccc2cc3ccccc3cc12. The number of esters is 1. The van der Waals surface area contributed by atoms with Gasteiger partial charge in [-0.1, -0.05) is 42.5 Å². The lowest BCUT2D eigenvalue weighted by molar-refractivity contribution is -0.135. The zero-order valence-electron chi connectivity index (χ0n) is 12.1. The van der Waals surface area contributed by atoms with Gasteiger partial charge in [0.15, 0.2) is 0 Å². The first-order chi connectivity index (χ1) is 10.2. The van der Waals surface area contributed by atoms with Crippen molar-refractivity contribution in [3.63, 3.8) is 0 Å². The smallest absolute Gasteiger partial charge is 0.333 e. The molecule has 2 heteroatoms. The molecular formula is C19H16O2. The number of fused-ring (bicyclic) bond motifs is 2. The average Bonchev–Trinajstić information content (AvgIpc) is 2.52. The van der Waals surface area contributed by atoms with Crippen LogP contribution >= 0.6 is 0 Å². The average molecular weight is 276 g/mol. The maximum atomic E-state index is 11.6. The molecule has 3 aromatic rings. The number of rotatable bonds is 2. The third-order valence-electron chi connectivity index (χ3n) is 3.66. The number of benzene rings is 3.